The molecule has 1 aromatic carbocycles. The summed E-state index contributed by atoms with van der Waals surface area (Å²) in [5.41, 5.74) is 1.31. The van der Waals surface area contributed by atoms with Gasteiger partial charge in [-0.15, -0.1) is 11.6 Å². The minimum atomic E-state index is -0.265. The van der Waals surface area contributed by atoms with E-state index in [-0.39, 0.29) is 11.2 Å². The first kappa shape index (κ1) is 13.9. The van der Waals surface area contributed by atoms with Crippen molar-refractivity contribution in [3.05, 3.63) is 29.8 Å². The Hall–Kier alpha value is -1.09. The van der Waals surface area contributed by atoms with Gasteiger partial charge in [0.15, 0.2) is 5.82 Å². The highest BCUT2D eigenvalue weighted by atomic mass is 35.5. The van der Waals surface area contributed by atoms with Crippen LogP contribution in [0.25, 0.3) is 11.0 Å². The van der Waals surface area contributed by atoms with Gasteiger partial charge in [-0.05, 0) is 37.3 Å². The number of nitrogens with zero attached hydrogens (tertiary/aromatic N) is 2. The first-order valence-corrected chi connectivity index (χ1v) is 7.80. The SMILES string of the molecule is CC(Cl)c1nc2c(F)cccc2n1CC1CCCC1C. The zero-order valence-corrected chi connectivity index (χ0v) is 12.7. The minimum absolute atomic E-state index is 0.210. The monoisotopic (exact) mass is 294 g/mol. The molecule has 4 heteroatoms. The van der Waals surface area contributed by atoms with Crippen LogP contribution in [-0.4, -0.2) is 9.55 Å². The van der Waals surface area contributed by atoms with Crippen LogP contribution in [0.15, 0.2) is 18.2 Å². The third kappa shape index (κ3) is 2.32. The second-order valence-corrected chi connectivity index (χ2v) is 6.63. The van der Waals surface area contributed by atoms with Crippen molar-refractivity contribution in [2.75, 3.05) is 0 Å². The lowest BCUT2D eigenvalue weighted by molar-refractivity contribution is 0.363. The summed E-state index contributed by atoms with van der Waals surface area (Å²) in [7, 11) is 0. The molecule has 3 rings (SSSR count). The van der Waals surface area contributed by atoms with Crippen molar-refractivity contribution >= 4 is 22.6 Å². The predicted molar refractivity (Wildman–Crippen MR) is 80.5 cm³/mol. The van der Waals surface area contributed by atoms with Gasteiger partial charge in [0.1, 0.15) is 11.3 Å². The van der Waals surface area contributed by atoms with E-state index in [9.17, 15) is 4.39 Å². The third-order valence-electron chi connectivity index (χ3n) is 4.57. The largest absolute Gasteiger partial charge is 0.326 e. The summed E-state index contributed by atoms with van der Waals surface area (Å²) in [6.45, 7) is 5.10. The molecule has 0 spiro atoms. The number of benzene rings is 1. The van der Waals surface area contributed by atoms with Gasteiger partial charge in [-0.2, -0.15) is 0 Å². The standard InChI is InChI=1S/C16H20ClFN2/c1-10-5-3-6-12(10)9-20-14-8-4-7-13(18)15(14)19-16(20)11(2)17/h4,7-8,10-12H,3,5-6,9H2,1-2H3. The lowest BCUT2D eigenvalue weighted by Crippen LogP contribution is -2.15. The molecule has 1 aromatic heterocycles. The van der Waals surface area contributed by atoms with Crippen LogP contribution >= 0.6 is 11.6 Å². The number of halogens is 2. The number of hydrogen-bond donors (Lipinski definition) is 0. The lowest BCUT2D eigenvalue weighted by atomic mass is 9.98. The Balaban J connectivity index is 2.07. The Kier molecular flexibility index (Phi) is 3.72. The molecule has 1 heterocycles. The van der Waals surface area contributed by atoms with Crippen molar-refractivity contribution in [3.63, 3.8) is 0 Å². The van der Waals surface area contributed by atoms with E-state index in [1.165, 1.54) is 25.3 Å². The second-order valence-electron chi connectivity index (χ2n) is 5.97. The van der Waals surface area contributed by atoms with E-state index >= 15 is 0 Å². The average Bonchev–Trinajstić information content (AvgIpc) is 2.96. The highest BCUT2D eigenvalue weighted by molar-refractivity contribution is 6.20. The van der Waals surface area contributed by atoms with Crippen LogP contribution in [0, 0.1) is 17.7 Å². The molecule has 1 saturated carbocycles. The molecule has 2 aromatic rings. The summed E-state index contributed by atoms with van der Waals surface area (Å²) in [5.74, 6) is 1.88. The summed E-state index contributed by atoms with van der Waals surface area (Å²) in [6, 6.07) is 5.14. The molecule has 0 amide bonds. The Morgan fingerprint density at radius 1 is 1.45 bits per heavy atom. The van der Waals surface area contributed by atoms with E-state index in [0.717, 1.165) is 23.8 Å². The molecule has 0 N–H and O–H groups in total. The quantitative estimate of drug-likeness (QED) is 0.735. The van der Waals surface area contributed by atoms with Crippen LogP contribution in [-0.2, 0) is 6.54 Å². The Bertz CT molecular complexity index is 620. The molecule has 20 heavy (non-hydrogen) atoms. The van der Waals surface area contributed by atoms with E-state index in [1.54, 1.807) is 6.07 Å². The second kappa shape index (κ2) is 5.36. The van der Waals surface area contributed by atoms with Crippen molar-refractivity contribution in [1.29, 1.82) is 0 Å². The van der Waals surface area contributed by atoms with Gasteiger partial charge in [-0.3, -0.25) is 0 Å². The molecule has 1 fully saturated rings. The summed E-state index contributed by atoms with van der Waals surface area (Å²) in [5, 5.41) is -0.210. The summed E-state index contributed by atoms with van der Waals surface area (Å²) in [6.07, 6.45) is 3.82. The molecular formula is C16H20ClFN2. The van der Waals surface area contributed by atoms with Gasteiger partial charge >= 0.3 is 0 Å². The molecule has 2 nitrogen and oxygen atoms in total. The van der Waals surface area contributed by atoms with Crippen molar-refractivity contribution in [3.8, 4) is 0 Å². The van der Waals surface area contributed by atoms with Crippen LogP contribution < -0.4 is 0 Å². The first-order valence-electron chi connectivity index (χ1n) is 7.36. The average molecular weight is 295 g/mol. The molecule has 0 radical (unpaired) electrons. The first-order chi connectivity index (χ1) is 9.58. The Morgan fingerprint density at radius 2 is 2.25 bits per heavy atom. The third-order valence-corrected chi connectivity index (χ3v) is 4.77. The zero-order valence-electron chi connectivity index (χ0n) is 11.9. The number of fused-ring (bicyclic) bond motifs is 1. The van der Waals surface area contributed by atoms with Crippen molar-refractivity contribution in [2.24, 2.45) is 11.8 Å². The Labute approximate surface area is 123 Å². The number of aromatic nitrogens is 2. The number of alkyl halides is 1. The highest BCUT2D eigenvalue weighted by Gasteiger charge is 2.26. The topological polar surface area (TPSA) is 17.8 Å². The van der Waals surface area contributed by atoms with E-state index in [0.29, 0.717) is 11.4 Å². The van der Waals surface area contributed by atoms with Crippen LogP contribution in [0.4, 0.5) is 4.39 Å². The van der Waals surface area contributed by atoms with Crippen molar-refractivity contribution in [2.45, 2.75) is 45.0 Å². The molecular weight excluding hydrogens is 275 g/mol. The maximum atomic E-state index is 13.9. The smallest absolute Gasteiger partial charge is 0.151 e. The van der Waals surface area contributed by atoms with Crippen molar-refractivity contribution in [1.82, 2.24) is 9.55 Å². The van der Waals surface area contributed by atoms with E-state index in [1.807, 2.05) is 13.0 Å². The van der Waals surface area contributed by atoms with Gasteiger partial charge in [-0.25, -0.2) is 9.37 Å². The van der Waals surface area contributed by atoms with Crippen LogP contribution in [0.3, 0.4) is 0 Å². The van der Waals surface area contributed by atoms with Gasteiger partial charge in [-0.1, -0.05) is 25.8 Å². The normalized spacial score (nSPS) is 24.4. The summed E-state index contributed by atoms with van der Waals surface area (Å²) in [4.78, 5) is 4.43. The minimum Gasteiger partial charge on any atom is -0.326 e. The van der Waals surface area contributed by atoms with Crippen LogP contribution in [0.5, 0.6) is 0 Å². The van der Waals surface area contributed by atoms with E-state index in [4.69, 9.17) is 11.6 Å². The van der Waals surface area contributed by atoms with Gasteiger partial charge < -0.3 is 4.57 Å². The fraction of sp³-hybridized carbons (Fsp3) is 0.562. The number of rotatable bonds is 3. The zero-order chi connectivity index (χ0) is 14.3. The molecule has 108 valence electrons. The number of imidazole rings is 1. The molecule has 0 saturated heterocycles. The van der Waals surface area contributed by atoms with E-state index < -0.39 is 0 Å². The van der Waals surface area contributed by atoms with Crippen LogP contribution in [0.1, 0.15) is 44.3 Å². The molecule has 0 aliphatic heterocycles. The molecule has 1 aliphatic carbocycles. The molecule has 3 unspecified atom stereocenters. The van der Waals surface area contributed by atoms with Gasteiger partial charge in [0.25, 0.3) is 0 Å². The van der Waals surface area contributed by atoms with Gasteiger partial charge in [0.2, 0.25) is 0 Å². The van der Waals surface area contributed by atoms with Crippen molar-refractivity contribution < 1.29 is 4.39 Å². The maximum Gasteiger partial charge on any atom is 0.151 e. The van der Waals surface area contributed by atoms with Crippen LogP contribution in [0.2, 0.25) is 0 Å². The van der Waals surface area contributed by atoms with Gasteiger partial charge in [0.05, 0.1) is 10.9 Å². The highest BCUT2D eigenvalue weighted by Crippen LogP contribution is 2.35. The van der Waals surface area contributed by atoms with Gasteiger partial charge in [0, 0.05) is 6.54 Å². The maximum absolute atomic E-state index is 13.9. The number of hydrogen-bond acceptors (Lipinski definition) is 1. The fourth-order valence-electron chi connectivity index (χ4n) is 3.35. The Morgan fingerprint density at radius 3 is 2.90 bits per heavy atom. The molecule has 0 bridgehead atoms. The number of para-hydroxylation sites is 1. The molecule has 3 atom stereocenters. The predicted octanol–water partition coefficient (Wildman–Crippen LogP) is 4.91. The lowest BCUT2D eigenvalue weighted by Gasteiger charge is -2.19. The molecule has 1 aliphatic rings. The summed E-state index contributed by atoms with van der Waals surface area (Å²) < 4.78 is 16.0. The van der Waals surface area contributed by atoms with E-state index in [2.05, 4.69) is 16.5 Å². The summed E-state index contributed by atoms with van der Waals surface area (Å²) >= 11 is 6.25. The fourth-order valence-corrected chi connectivity index (χ4v) is 3.52.